The Morgan fingerprint density at radius 2 is 2.14 bits per heavy atom. The minimum atomic E-state index is 0.304. The first kappa shape index (κ1) is 16.2. The molecule has 114 valence electrons. The quantitative estimate of drug-likeness (QED) is 0.754. The van der Waals surface area contributed by atoms with Crippen LogP contribution in [0.25, 0.3) is 11.5 Å². The number of ether oxygens (including phenoxy) is 1. The van der Waals surface area contributed by atoms with E-state index in [0.717, 1.165) is 27.3 Å². The molecular formula is C14H20IN5O. The molecule has 0 spiro atoms. The van der Waals surface area contributed by atoms with E-state index in [2.05, 4.69) is 61.3 Å². The average molecular weight is 401 g/mol. The smallest absolute Gasteiger partial charge is 0.180 e. The van der Waals surface area contributed by atoms with Crippen molar-refractivity contribution >= 4 is 28.4 Å². The van der Waals surface area contributed by atoms with E-state index in [-0.39, 0.29) is 0 Å². The van der Waals surface area contributed by atoms with Crippen molar-refractivity contribution in [3.63, 3.8) is 0 Å². The number of nitrogens with zero attached hydrogens (tertiary/aromatic N) is 4. The van der Waals surface area contributed by atoms with Crippen LogP contribution < -0.4 is 5.32 Å². The summed E-state index contributed by atoms with van der Waals surface area (Å²) in [6, 6.07) is 0.304. The van der Waals surface area contributed by atoms with Crippen LogP contribution in [-0.2, 0) is 11.3 Å². The second kappa shape index (κ2) is 7.17. The van der Waals surface area contributed by atoms with E-state index in [9.17, 15) is 0 Å². The summed E-state index contributed by atoms with van der Waals surface area (Å²) in [6.45, 7) is 7.54. The Balaban J connectivity index is 2.54. The zero-order valence-corrected chi connectivity index (χ0v) is 14.9. The number of methoxy groups -OCH3 is 1. The summed E-state index contributed by atoms with van der Waals surface area (Å²) in [7, 11) is 1.67. The van der Waals surface area contributed by atoms with Gasteiger partial charge in [0, 0.05) is 19.7 Å². The SMILES string of the molecule is CCNc1nc(-c2cncn2C(C)C)nc(COC)c1I. The molecule has 0 fully saturated rings. The topological polar surface area (TPSA) is 64.9 Å². The molecule has 1 N–H and O–H groups in total. The number of nitrogens with one attached hydrogen (secondary N) is 1. The Bertz CT molecular complexity index is 584. The van der Waals surface area contributed by atoms with Crippen molar-refractivity contribution in [3.05, 3.63) is 21.8 Å². The number of aromatic nitrogens is 4. The van der Waals surface area contributed by atoms with Crippen molar-refractivity contribution in [2.45, 2.75) is 33.4 Å². The monoisotopic (exact) mass is 401 g/mol. The first-order valence-corrected chi connectivity index (χ1v) is 7.97. The summed E-state index contributed by atoms with van der Waals surface area (Å²) in [5, 5.41) is 3.28. The minimum Gasteiger partial charge on any atom is -0.378 e. The van der Waals surface area contributed by atoms with E-state index in [1.54, 1.807) is 13.3 Å². The summed E-state index contributed by atoms with van der Waals surface area (Å²) in [5.74, 6) is 1.51. The highest BCUT2D eigenvalue weighted by molar-refractivity contribution is 14.1. The molecule has 0 aliphatic heterocycles. The third-order valence-corrected chi connectivity index (χ3v) is 4.13. The van der Waals surface area contributed by atoms with E-state index in [1.807, 2.05) is 13.3 Å². The third kappa shape index (κ3) is 3.52. The fourth-order valence-corrected chi connectivity index (χ4v) is 2.60. The van der Waals surface area contributed by atoms with Gasteiger partial charge in [0.2, 0.25) is 0 Å². The maximum atomic E-state index is 5.25. The van der Waals surface area contributed by atoms with Crippen LogP contribution in [0.3, 0.4) is 0 Å². The van der Waals surface area contributed by atoms with Gasteiger partial charge in [-0.05, 0) is 43.4 Å². The molecule has 2 rings (SSSR count). The lowest BCUT2D eigenvalue weighted by Gasteiger charge is -2.14. The molecule has 21 heavy (non-hydrogen) atoms. The highest BCUT2D eigenvalue weighted by atomic mass is 127. The van der Waals surface area contributed by atoms with Crippen molar-refractivity contribution in [1.29, 1.82) is 0 Å². The average Bonchev–Trinajstić information content (AvgIpc) is 2.93. The number of imidazole rings is 1. The van der Waals surface area contributed by atoms with Crippen LogP contribution in [0.5, 0.6) is 0 Å². The molecule has 0 aliphatic rings. The van der Waals surface area contributed by atoms with Crippen molar-refractivity contribution in [2.24, 2.45) is 0 Å². The predicted molar refractivity (Wildman–Crippen MR) is 91.2 cm³/mol. The lowest BCUT2D eigenvalue weighted by Crippen LogP contribution is -2.10. The van der Waals surface area contributed by atoms with E-state index in [0.29, 0.717) is 18.5 Å². The number of hydrogen-bond donors (Lipinski definition) is 1. The van der Waals surface area contributed by atoms with Gasteiger partial charge in [0.1, 0.15) is 11.5 Å². The lowest BCUT2D eigenvalue weighted by molar-refractivity contribution is 0.181. The second-order valence-electron chi connectivity index (χ2n) is 4.90. The minimum absolute atomic E-state index is 0.304. The van der Waals surface area contributed by atoms with Gasteiger partial charge in [0.15, 0.2) is 5.82 Å². The van der Waals surface area contributed by atoms with Crippen LogP contribution in [0, 0.1) is 3.57 Å². The van der Waals surface area contributed by atoms with Crippen LogP contribution in [-0.4, -0.2) is 33.2 Å². The molecule has 0 bridgehead atoms. The Kier molecular flexibility index (Phi) is 5.51. The molecule has 0 aliphatic carbocycles. The number of anilines is 1. The van der Waals surface area contributed by atoms with Crippen LogP contribution >= 0.6 is 22.6 Å². The molecule has 0 amide bonds. The van der Waals surface area contributed by atoms with E-state index < -0.39 is 0 Å². The molecule has 0 unspecified atom stereocenters. The van der Waals surface area contributed by atoms with E-state index in [4.69, 9.17) is 4.74 Å². The largest absolute Gasteiger partial charge is 0.378 e. The summed E-state index contributed by atoms with van der Waals surface area (Å²) < 4.78 is 8.31. The van der Waals surface area contributed by atoms with Crippen molar-refractivity contribution in [1.82, 2.24) is 19.5 Å². The Morgan fingerprint density at radius 3 is 2.76 bits per heavy atom. The van der Waals surface area contributed by atoms with Crippen LogP contribution in [0.1, 0.15) is 32.5 Å². The molecule has 6 nitrogen and oxygen atoms in total. The third-order valence-electron chi connectivity index (χ3n) is 3.00. The molecule has 0 saturated carbocycles. The molecule has 7 heteroatoms. The van der Waals surface area contributed by atoms with Crippen LogP contribution in [0.4, 0.5) is 5.82 Å². The maximum absolute atomic E-state index is 5.25. The van der Waals surface area contributed by atoms with Gasteiger partial charge < -0.3 is 14.6 Å². The van der Waals surface area contributed by atoms with Gasteiger partial charge in [0.25, 0.3) is 0 Å². The molecule has 2 aromatic heterocycles. The Morgan fingerprint density at radius 1 is 1.38 bits per heavy atom. The highest BCUT2D eigenvalue weighted by Gasteiger charge is 2.16. The maximum Gasteiger partial charge on any atom is 0.180 e. The second-order valence-corrected chi connectivity index (χ2v) is 5.98. The zero-order chi connectivity index (χ0) is 15.4. The molecule has 0 atom stereocenters. The van der Waals surface area contributed by atoms with Gasteiger partial charge in [-0.1, -0.05) is 0 Å². The molecular weight excluding hydrogens is 381 g/mol. The lowest BCUT2D eigenvalue weighted by atomic mass is 10.3. The normalized spacial score (nSPS) is 11.1. The number of rotatable bonds is 6. The van der Waals surface area contributed by atoms with Gasteiger partial charge in [-0.15, -0.1) is 0 Å². The fourth-order valence-electron chi connectivity index (χ4n) is 2.01. The molecule has 2 aromatic rings. The standard InChI is InChI=1S/C14H20IN5O/c1-5-17-14-12(15)10(7-21-4)18-13(19-14)11-6-16-8-20(11)9(2)3/h6,8-9H,5,7H2,1-4H3,(H,17,18,19). The Labute approximate surface area is 138 Å². The van der Waals surface area contributed by atoms with Crippen LogP contribution in [0.15, 0.2) is 12.5 Å². The summed E-state index contributed by atoms with van der Waals surface area (Å²) in [6.07, 6.45) is 3.61. The van der Waals surface area contributed by atoms with Gasteiger partial charge in [-0.25, -0.2) is 15.0 Å². The molecule has 0 radical (unpaired) electrons. The predicted octanol–water partition coefficient (Wildman–Crippen LogP) is 3.10. The number of hydrogen-bond acceptors (Lipinski definition) is 5. The first-order valence-electron chi connectivity index (χ1n) is 6.89. The van der Waals surface area contributed by atoms with Crippen molar-refractivity contribution < 1.29 is 4.74 Å². The van der Waals surface area contributed by atoms with E-state index >= 15 is 0 Å². The van der Waals surface area contributed by atoms with Crippen molar-refractivity contribution in [3.8, 4) is 11.5 Å². The van der Waals surface area contributed by atoms with Gasteiger partial charge in [-0.3, -0.25) is 0 Å². The molecule has 0 saturated heterocycles. The Hall–Kier alpha value is -1.22. The van der Waals surface area contributed by atoms with Crippen LogP contribution in [0.2, 0.25) is 0 Å². The summed E-state index contributed by atoms with van der Waals surface area (Å²) in [5.41, 5.74) is 1.80. The fraction of sp³-hybridized carbons (Fsp3) is 0.500. The van der Waals surface area contributed by atoms with Gasteiger partial charge >= 0.3 is 0 Å². The number of halogens is 1. The van der Waals surface area contributed by atoms with Crippen molar-refractivity contribution in [2.75, 3.05) is 19.0 Å². The summed E-state index contributed by atoms with van der Waals surface area (Å²) >= 11 is 2.25. The van der Waals surface area contributed by atoms with Gasteiger partial charge in [0.05, 0.1) is 28.4 Å². The zero-order valence-electron chi connectivity index (χ0n) is 12.7. The first-order chi connectivity index (χ1) is 10.1. The van der Waals surface area contributed by atoms with E-state index in [1.165, 1.54) is 0 Å². The molecule has 2 heterocycles. The summed E-state index contributed by atoms with van der Waals surface area (Å²) in [4.78, 5) is 13.5. The highest BCUT2D eigenvalue weighted by Crippen LogP contribution is 2.25. The molecule has 0 aromatic carbocycles. The van der Waals surface area contributed by atoms with Gasteiger partial charge in [-0.2, -0.15) is 0 Å².